The van der Waals surface area contributed by atoms with Crippen molar-refractivity contribution in [1.29, 1.82) is 0 Å². The summed E-state index contributed by atoms with van der Waals surface area (Å²) in [5.41, 5.74) is 0.590. The van der Waals surface area contributed by atoms with Crippen molar-refractivity contribution in [2.45, 2.75) is 12.8 Å². The molecule has 1 aliphatic rings. The Morgan fingerprint density at radius 2 is 1.80 bits per heavy atom. The van der Waals surface area contributed by atoms with Crippen molar-refractivity contribution in [3.63, 3.8) is 0 Å². The first-order chi connectivity index (χ1) is 14.5. The van der Waals surface area contributed by atoms with Crippen LogP contribution in [0.15, 0.2) is 55.1 Å². The van der Waals surface area contributed by atoms with E-state index in [1.807, 2.05) is 41.2 Å². The zero-order chi connectivity index (χ0) is 21.1. The van der Waals surface area contributed by atoms with Gasteiger partial charge in [0.2, 0.25) is 5.82 Å². The van der Waals surface area contributed by atoms with E-state index in [0.29, 0.717) is 31.7 Å². The van der Waals surface area contributed by atoms with Gasteiger partial charge in [0, 0.05) is 31.2 Å². The maximum Gasteiger partial charge on any atom is 0.373 e. The van der Waals surface area contributed by atoms with Crippen molar-refractivity contribution in [3.8, 4) is 17.3 Å². The molecule has 1 aromatic carbocycles. The SMILES string of the molecule is O=C(O)C1CCN(c2ncnc(Oc3ccc(-n4cccc4)cc3)c2[N+](=O)[O-])CC1. The van der Waals surface area contributed by atoms with Crippen molar-refractivity contribution in [3.05, 3.63) is 65.2 Å². The Balaban J connectivity index is 1.57. The smallest absolute Gasteiger partial charge is 0.373 e. The van der Waals surface area contributed by atoms with Crippen molar-refractivity contribution in [2.24, 2.45) is 5.92 Å². The van der Waals surface area contributed by atoms with E-state index in [2.05, 4.69) is 9.97 Å². The van der Waals surface area contributed by atoms with E-state index >= 15 is 0 Å². The van der Waals surface area contributed by atoms with Crippen LogP contribution in [0.1, 0.15) is 12.8 Å². The summed E-state index contributed by atoms with van der Waals surface area (Å²) in [6.07, 6.45) is 5.83. The summed E-state index contributed by atoms with van der Waals surface area (Å²) in [7, 11) is 0. The van der Waals surface area contributed by atoms with Crippen LogP contribution in [0.25, 0.3) is 5.69 Å². The summed E-state index contributed by atoms with van der Waals surface area (Å²) < 4.78 is 7.64. The summed E-state index contributed by atoms with van der Waals surface area (Å²) >= 11 is 0. The van der Waals surface area contributed by atoms with E-state index in [-0.39, 0.29) is 17.4 Å². The molecule has 0 atom stereocenters. The largest absolute Gasteiger partial charge is 0.481 e. The highest BCUT2D eigenvalue weighted by Gasteiger charge is 2.32. The second-order valence-corrected chi connectivity index (χ2v) is 6.89. The highest BCUT2D eigenvalue weighted by Crippen LogP contribution is 2.37. The number of nitrogens with zero attached hydrogens (tertiary/aromatic N) is 5. The number of hydrogen-bond donors (Lipinski definition) is 1. The fraction of sp³-hybridized carbons (Fsp3) is 0.250. The average Bonchev–Trinajstić information content (AvgIpc) is 3.29. The van der Waals surface area contributed by atoms with E-state index < -0.39 is 16.8 Å². The molecule has 1 aliphatic heterocycles. The second-order valence-electron chi connectivity index (χ2n) is 6.89. The first kappa shape index (κ1) is 19.4. The molecule has 0 unspecified atom stereocenters. The Morgan fingerprint density at radius 3 is 2.40 bits per heavy atom. The van der Waals surface area contributed by atoms with Crippen LogP contribution in [0.2, 0.25) is 0 Å². The van der Waals surface area contributed by atoms with Gasteiger partial charge in [-0.25, -0.2) is 4.98 Å². The van der Waals surface area contributed by atoms with Gasteiger partial charge in [0.1, 0.15) is 12.1 Å². The van der Waals surface area contributed by atoms with Gasteiger partial charge in [0.05, 0.1) is 10.8 Å². The molecular formula is C20H19N5O5. The minimum atomic E-state index is -0.848. The van der Waals surface area contributed by atoms with Crippen molar-refractivity contribution >= 4 is 17.5 Å². The molecule has 1 N–H and O–H groups in total. The van der Waals surface area contributed by atoms with E-state index in [0.717, 1.165) is 5.69 Å². The number of benzene rings is 1. The monoisotopic (exact) mass is 409 g/mol. The molecule has 3 heterocycles. The zero-order valence-electron chi connectivity index (χ0n) is 15.9. The molecule has 3 aromatic rings. The molecule has 0 radical (unpaired) electrons. The fourth-order valence-electron chi connectivity index (χ4n) is 3.46. The second kappa shape index (κ2) is 8.19. The molecule has 10 nitrogen and oxygen atoms in total. The maximum atomic E-state index is 11.8. The predicted molar refractivity (Wildman–Crippen MR) is 107 cm³/mol. The van der Waals surface area contributed by atoms with Crippen LogP contribution in [0.5, 0.6) is 11.6 Å². The maximum absolute atomic E-state index is 11.8. The molecule has 0 aliphatic carbocycles. The third-order valence-corrected chi connectivity index (χ3v) is 5.05. The molecule has 1 fully saturated rings. The molecule has 4 rings (SSSR count). The molecule has 0 spiro atoms. The molecule has 154 valence electrons. The molecule has 1 saturated heterocycles. The van der Waals surface area contributed by atoms with Crippen LogP contribution >= 0.6 is 0 Å². The third-order valence-electron chi connectivity index (χ3n) is 5.05. The number of rotatable bonds is 6. The molecular weight excluding hydrogens is 390 g/mol. The molecule has 0 bridgehead atoms. The first-order valence-electron chi connectivity index (χ1n) is 9.41. The molecule has 10 heteroatoms. The Labute approximate surface area is 171 Å². The van der Waals surface area contributed by atoms with Gasteiger partial charge in [-0.3, -0.25) is 14.9 Å². The summed E-state index contributed by atoms with van der Waals surface area (Å²) in [6, 6.07) is 10.9. The molecule has 0 amide bonds. The zero-order valence-corrected chi connectivity index (χ0v) is 15.9. The van der Waals surface area contributed by atoms with Gasteiger partial charge in [-0.1, -0.05) is 0 Å². The number of ether oxygens (including phenoxy) is 1. The van der Waals surface area contributed by atoms with Crippen molar-refractivity contribution in [1.82, 2.24) is 14.5 Å². The van der Waals surface area contributed by atoms with Crippen molar-refractivity contribution in [2.75, 3.05) is 18.0 Å². The highest BCUT2D eigenvalue weighted by molar-refractivity contribution is 5.71. The van der Waals surface area contributed by atoms with E-state index in [1.54, 1.807) is 17.0 Å². The van der Waals surface area contributed by atoms with Gasteiger partial charge >= 0.3 is 17.5 Å². The minimum Gasteiger partial charge on any atom is -0.481 e. The van der Waals surface area contributed by atoms with Crippen LogP contribution in [-0.2, 0) is 4.79 Å². The lowest BCUT2D eigenvalue weighted by Crippen LogP contribution is -2.37. The van der Waals surface area contributed by atoms with Crippen LogP contribution in [0, 0.1) is 16.0 Å². The topological polar surface area (TPSA) is 124 Å². The summed E-state index contributed by atoms with van der Waals surface area (Å²) in [6.45, 7) is 0.722. The van der Waals surface area contributed by atoms with E-state index in [1.165, 1.54) is 6.33 Å². The minimum absolute atomic E-state index is 0.137. The summed E-state index contributed by atoms with van der Waals surface area (Å²) in [4.78, 5) is 32.1. The molecule has 2 aromatic heterocycles. The quantitative estimate of drug-likeness (QED) is 0.486. The van der Waals surface area contributed by atoms with Gasteiger partial charge < -0.3 is 19.3 Å². The van der Waals surface area contributed by atoms with Gasteiger partial charge in [-0.2, -0.15) is 4.98 Å². The normalized spacial score (nSPS) is 14.5. The van der Waals surface area contributed by atoms with Crippen LogP contribution in [-0.4, -0.2) is 43.6 Å². The first-order valence-corrected chi connectivity index (χ1v) is 9.41. The van der Waals surface area contributed by atoms with Gasteiger partial charge in [-0.05, 0) is 49.2 Å². The Hall–Kier alpha value is -3.95. The molecule has 30 heavy (non-hydrogen) atoms. The number of nitro groups is 1. The van der Waals surface area contributed by atoms with Crippen LogP contribution < -0.4 is 9.64 Å². The van der Waals surface area contributed by atoms with E-state index in [9.17, 15) is 14.9 Å². The third kappa shape index (κ3) is 3.93. The number of piperidine rings is 1. The Bertz CT molecular complexity index is 1040. The van der Waals surface area contributed by atoms with E-state index in [4.69, 9.17) is 9.84 Å². The van der Waals surface area contributed by atoms with Gasteiger partial charge in [0.25, 0.3) is 0 Å². The fourth-order valence-corrected chi connectivity index (χ4v) is 3.46. The number of aliphatic carboxylic acids is 1. The van der Waals surface area contributed by atoms with Crippen LogP contribution in [0.3, 0.4) is 0 Å². The number of anilines is 1. The lowest BCUT2D eigenvalue weighted by Gasteiger charge is -2.30. The Kier molecular flexibility index (Phi) is 5.29. The average molecular weight is 409 g/mol. The number of aromatic nitrogens is 3. The predicted octanol–water partition coefficient (Wildman–Crippen LogP) is 3.27. The van der Waals surface area contributed by atoms with Crippen LogP contribution in [0.4, 0.5) is 11.5 Å². The standard InChI is InChI=1S/C20H19N5O5/c26-20(27)14-7-11-24(12-8-14)18-17(25(28)29)19(22-13-21-18)30-16-5-3-15(4-6-16)23-9-1-2-10-23/h1-6,9-10,13-14H,7-8,11-12H2,(H,26,27). The number of carboxylic acid groups (broad SMARTS) is 1. The molecule has 0 saturated carbocycles. The number of carbonyl (C=O) groups is 1. The van der Waals surface area contributed by atoms with Crippen molar-refractivity contribution < 1.29 is 19.6 Å². The lowest BCUT2D eigenvalue weighted by molar-refractivity contribution is -0.385. The number of carboxylic acids is 1. The van der Waals surface area contributed by atoms with Gasteiger partial charge in [0.15, 0.2) is 0 Å². The number of hydrogen-bond acceptors (Lipinski definition) is 7. The summed E-state index contributed by atoms with van der Waals surface area (Å²) in [5.74, 6) is -0.906. The highest BCUT2D eigenvalue weighted by atomic mass is 16.6. The Morgan fingerprint density at radius 1 is 1.13 bits per heavy atom. The summed E-state index contributed by atoms with van der Waals surface area (Å²) in [5, 5.41) is 20.9. The lowest BCUT2D eigenvalue weighted by atomic mass is 9.97. The van der Waals surface area contributed by atoms with Gasteiger partial charge in [-0.15, -0.1) is 0 Å².